The summed E-state index contributed by atoms with van der Waals surface area (Å²) in [6.07, 6.45) is 0. The van der Waals surface area contributed by atoms with Crippen molar-refractivity contribution in [2.75, 3.05) is 14.2 Å². The molecule has 10 nitrogen and oxygen atoms in total. The van der Waals surface area contributed by atoms with Crippen LogP contribution in [0, 0.1) is 10.1 Å². The number of aromatic carboxylic acids is 1. The van der Waals surface area contributed by atoms with Crippen LogP contribution < -0.4 is 9.47 Å². The van der Waals surface area contributed by atoms with E-state index in [0.29, 0.717) is 0 Å². The molecule has 1 aromatic heterocycles. The first-order chi connectivity index (χ1) is 9.97. The number of carboxylic acid groups (broad SMARTS) is 1. The van der Waals surface area contributed by atoms with Crippen molar-refractivity contribution in [2.24, 2.45) is 0 Å². The SMILES string of the molecule is COc1cc(-c2nc(C(=O)O)no2)cc([N+](=O)[O-])c1OC. The van der Waals surface area contributed by atoms with Crippen molar-refractivity contribution in [3.8, 4) is 23.0 Å². The van der Waals surface area contributed by atoms with Gasteiger partial charge in [-0.1, -0.05) is 0 Å². The number of nitrogens with zero attached hydrogens (tertiary/aromatic N) is 3. The van der Waals surface area contributed by atoms with Gasteiger partial charge in [-0.25, -0.2) is 4.79 Å². The molecule has 1 N–H and O–H groups in total. The lowest BCUT2D eigenvalue weighted by molar-refractivity contribution is -0.385. The van der Waals surface area contributed by atoms with Crippen LogP contribution in [0.4, 0.5) is 5.69 Å². The molecule has 0 atom stereocenters. The molecule has 21 heavy (non-hydrogen) atoms. The van der Waals surface area contributed by atoms with Gasteiger partial charge in [0, 0.05) is 6.07 Å². The fraction of sp³-hybridized carbons (Fsp3) is 0.182. The molecule has 110 valence electrons. The minimum absolute atomic E-state index is 0.0655. The summed E-state index contributed by atoms with van der Waals surface area (Å²) in [7, 11) is 2.57. The highest BCUT2D eigenvalue weighted by Gasteiger charge is 2.24. The summed E-state index contributed by atoms with van der Waals surface area (Å²) in [5, 5.41) is 23.0. The normalized spacial score (nSPS) is 10.2. The van der Waals surface area contributed by atoms with Crippen molar-refractivity contribution in [1.82, 2.24) is 10.1 Å². The summed E-state index contributed by atoms with van der Waals surface area (Å²) in [5.41, 5.74) is -0.235. The first-order valence-electron chi connectivity index (χ1n) is 5.45. The quantitative estimate of drug-likeness (QED) is 0.639. The Morgan fingerprint density at radius 1 is 1.38 bits per heavy atom. The fourth-order valence-corrected chi connectivity index (χ4v) is 1.63. The van der Waals surface area contributed by atoms with E-state index >= 15 is 0 Å². The molecule has 10 heteroatoms. The zero-order valence-corrected chi connectivity index (χ0v) is 10.9. The summed E-state index contributed by atoms with van der Waals surface area (Å²) >= 11 is 0. The maximum atomic E-state index is 11.1. The minimum Gasteiger partial charge on any atom is -0.493 e. The number of nitro benzene ring substituents is 1. The number of rotatable bonds is 5. The number of carboxylic acids is 1. The first kappa shape index (κ1) is 14.2. The van der Waals surface area contributed by atoms with Crippen LogP contribution in [0.25, 0.3) is 11.5 Å². The molecule has 0 aliphatic carbocycles. The van der Waals surface area contributed by atoms with Crippen LogP contribution in [0.15, 0.2) is 16.7 Å². The zero-order valence-electron chi connectivity index (χ0n) is 10.9. The predicted molar refractivity (Wildman–Crippen MR) is 66.5 cm³/mol. The molecule has 0 saturated carbocycles. The van der Waals surface area contributed by atoms with Gasteiger partial charge in [0.05, 0.1) is 24.7 Å². The maximum absolute atomic E-state index is 11.1. The smallest absolute Gasteiger partial charge is 0.377 e. The van der Waals surface area contributed by atoms with Gasteiger partial charge in [0.1, 0.15) is 0 Å². The molecule has 0 aliphatic rings. The molecule has 0 unspecified atom stereocenters. The molecule has 0 radical (unpaired) electrons. The number of carbonyl (C=O) groups is 1. The van der Waals surface area contributed by atoms with Crippen LogP contribution in [0.1, 0.15) is 10.6 Å². The second-order valence-corrected chi connectivity index (χ2v) is 3.72. The van der Waals surface area contributed by atoms with Crippen LogP contribution >= 0.6 is 0 Å². The number of nitro groups is 1. The summed E-state index contributed by atoms with van der Waals surface area (Å²) in [4.78, 5) is 24.7. The number of benzene rings is 1. The molecule has 0 spiro atoms. The first-order valence-corrected chi connectivity index (χ1v) is 5.45. The number of aromatic nitrogens is 2. The Morgan fingerprint density at radius 3 is 2.57 bits per heavy atom. The lowest BCUT2D eigenvalue weighted by Gasteiger charge is -2.08. The van der Waals surface area contributed by atoms with E-state index in [4.69, 9.17) is 19.1 Å². The fourth-order valence-electron chi connectivity index (χ4n) is 1.63. The second-order valence-electron chi connectivity index (χ2n) is 3.72. The third kappa shape index (κ3) is 2.59. The average Bonchev–Trinajstić information content (AvgIpc) is 2.95. The van der Waals surface area contributed by atoms with Gasteiger partial charge in [0.15, 0.2) is 5.75 Å². The monoisotopic (exact) mass is 295 g/mol. The van der Waals surface area contributed by atoms with Crippen LogP contribution in [0.5, 0.6) is 11.5 Å². The number of hydrogen-bond donors (Lipinski definition) is 1. The molecule has 0 bridgehead atoms. The molecule has 1 heterocycles. The average molecular weight is 295 g/mol. The van der Waals surface area contributed by atoms with Gasteiger partial charge in [-0.15, -0.1) is 0 Å². The maximum Gasteiger partial charge on any atom is 0.377 e. The van der Waals surface area contributed by atoms with Crippen LogP contribution in [-0.4, -0.2) is 40.4 Å². The van der Waals surface area contributed by atoms with Crippen molar-refractivity contribution >= 4 is 11.7 Å². The van der Waals surface area contributed by atoms with Crippen molar-refractivity contribution in [1.29, 1.82) is 0 Å². The largest absolute Gasteiger partial charge is 0.493 e. The number of methoxy groups -OCH3 is 2. The van der Waals surface area contributed by atoms with Gasteiger partial charge >= 0.3 is 11.7 Å². The highest BCUT2D eigenvalue weighted by Crippen LogP contribution is 2.40. The number of hydrogen-bond acceptors (Lipinski definition) is 8. The van der Waals surface area contributed by atoms with E-state index in [9.17, 15) is 14.9 Å². The van der Waals surface area contributed by atoms with Crippen molar-refractivity contribution in [2.45, 2.75) is 0 Å². The molecule has 0 amide bonds. The molecule has 1 aromatic carbocycles. The van der Waals surface area contributed by atoms with Gasteiger partial charge in [0.25, 0.3) is 11.7 Å². The third-order valence-corrected chi connectivity index (χ3v) is 2.52. The standard InChI is InChI=1S/C11H9N3O7/c1-19-7-4-5(3-6(14(17)18)8(7)20-2)10-12-9(11(15)16)13-21-10/h3-4H,1-2H3,(H,15,16). The Kier molecular flexibility index (Phi) is 3.69. The summed E-state index contributed by atoms with van der Waals surface area (Å²) < 4.78 is 14.7. The highest BCUT2D eigenvalue weighted by atomic mass is 16.6. The highest BCUT2D eigenvalue weighted by molar-refractivity contribution is 5.83. The predicted octanol–water partition coefficient (Wildman–Crippen LogP) is 1.36. The molecule has 0 saturated heterocycles. The van der Waals surface area contributed by atoms with E-state index in [1.807, 2.05) is 0 Å². The second kappa shape index (κ2) is 5.45. The third-order valence-electron chi connectivity index (χ3n) is 2.52. The molecular weight excluding hydrogens is 286 g/mol. The Bertz CT molecular complexity index is 710. The van der Waals surface area contributed by atoms with Gasteiger partial charge in [0.2, 0.25) is 5.75 Å². The Hall–Kier alpha value is -3.17. The van der Waals surface area contributed by atoms with Gasteiger partial charge in [-0.3, -0.25) is 10.1 Å². The lowest BCUT2D eigenvalue weighted by atomic mass is 10.1. The van der Waals surface area contributed by atoms with Gasteiger partial charge < -0.3 is 19.1 Å². The molecule has 0 aliphatic heterocycles. The Morgan fingerprint density at radius 2 is 2.10 bits per heavy atom. The summed E-state index contributed by atoms with van der Waals surface area (Å²) in [5.74, 6) is -2.10. The summed E-state index contributed by atoms with van der Waals surface area (Å²) in [6.45, 7) is 0. The lowest BCUT2D eigenvalue weighted by Crippen LogP contribution is -1.99. The van der Waals surface area contributed by atoms with Crippen LogP contribution in [0.2, 0.25) is 0 Å². The van der Waals surface area contributed by atoms with E-state index in [1.54, 1.807) is 0 Å². The molecule has 2 aromatic rings. The topological polar surface area (TPSA) is 138 Å². The molecular formula is C11H9N3O7. The molecule has 0 fully saturated rings. The van der Waals surface area contributed by atoms with Gasteiger partial charge in [-0.2, -0.15) is 4.98 Å². The van der Waals surface area contributed by atoms with E-state index in [2.05, 4.69) is 10.1 Å². The van der Waals surface area contributed by atoms with Crippen molar-refractivity contribution in [3.63, 3.8) is 0 Å². The van der Waals surface area contributed by atoms with Crippen LogP contribution in [0.3, 0.4) is 0 Å². The van der Waals surface area contributed by atoms with Gasteiger partial charge in [-0.05, 0) is 11.2 Å². The molecule has 2 rings (SSSR count). The Balaban J connectivity index is 2.60. The van der Waals surface area contributed by atoms with Crippen molar-refractivity contribution < 1.29 is 28.8 Å². The van der Waals surface area contributed by atoms with E-state index in [1.165, 1.54) is 20.3 Å². The summed E-state index contributed by atoms with van der Waals surface area (Å²) in [6, 6.07) is 2.49. The zero-order chi connectivity index (χ0) is 15.6. The van der Waals surface area contributed by atoms with Crippen LogP contribution in [-0.2, 0) is 0 Å². The minimum atomic E-state index is -1.38. The Labute approximate surface area is 117 Å². The van der Waals surface area contributed by atoms with E-state index in [0.717, 1.165) is 6.07 Å². The van der Waals surface area contributed by atoms with Crippen molar-refractivity contribution in [3.05, 3.63) is 28.1 Å². The van der Waals surface area contributed by atoms with E-state index in [-0.39, 0.29) is 28.6 Å². The van der Waals surface area contributed by atoms with E-state index < -0.39 is 16.7 Å². The number of ether oxygens (including phenoxy) is 2.